The van der Waals surface area contributed by atoms with Crippen molar-refractivity contribution >= 4 is 23.2 Å². The van der Waals surface area contributed by atoms with Crippen molar-refractivity contribution in [2.45, 2.75) is 44.6 Å². The maximum Gasteiger partial charge on any atom is 0.187 e. The van der Waals surface area contributed by atoms with Gasteiger partial charge in [-0.05, 0) is 30.5 Å². The summed E-state index contributed by atoms with van der Waals surface area (Å²) in [5.41, 5.74) is 1.05. The number of halogens is 2. The third kappa shape index (κ3) is 4.07. The zero-order chi connectivity index (χ0) is 16.3. The van der Waals surface area contributed by atoms with Crippen LogP contribution in [0.1, 0.15) is 25.3 Å². The molecular formula is C17H20Cl2N2O2. The predicted molar refractivity (Wildman–Crippen MR) is 90.9 cm³/mol. The highest BCUT2D eigenvalue weighted by molar-refractivity contribution is 6.35. The lowest BCUT2D eigenvalue weighted by Gasteiger charge is -2.28. The molecule has 0 saturated carbocycles. The molecular weight excluding hydrogens is 335 g/mol. The lowest BCUT2D eigenvalue weighted by molar-refractivity contribution is -0.182. The van der Waals surface area contributed by atoms with Crippen LogP contribution in [-0.4, -0.2) is 28.0 Å². The van der Waals surface area contributed by atoms with Crippen molar-refractivity contribution in [2.75, 3.05) is 6.61 Å². The van der Waals surface area contributed by atoms with Crippen LogP contribution in [0.3, 0.4) is 0 Å². The molecule has 0 bridgehead atoms. The van der Waals surface area contributed by atoms with E-state index in [1.165, 1.54) is 0 Å². The van der Waals surface area contributed by atoms with E-state index in [4.69, 9.17) is 32.7 Å². The number of aromatic nitrogens is 2. The molecule has 0 amide bonds. The van der Waals surface area contributed by atoms with Crippen LogP contribution < -0.4 is 0 Å². The third-order valence-electron chi connectivity index (χ3n) is 4.14. The molecule has 0 radical (unpaired) electrons. The standard InChI is InChI=1S/C17H20Cl2N2O2/c1-2-15-10-22-17(23-15,11-21-8-7-20-12-21)6-5-13-3-4-14(18)9-16(13)19/h3-4,7-9,12,15H,2,5-6,10-11H2,1H3. The van der Waals surface area contributed by atoms with Gasteiger partial charge in [-0.1, -0.05) is 36.2 Å². The van der Waals surface area contributed by atoms with Gasteiger partial charge in [0.2, 0.25) is 0 Å². The first-order valence-corrected chi connectivity index (χ1v) is 8.57. The molecule has 0 spiro atoms. The highest BCUT2D eigenvalue weighted by atomic mass is 35.5. The van der Waals surface area contributed by atoms with Crippen LogP contribution in [0.15, 0.2) is 36.9 Å². The predicted octanol–water partition coefficient (Wildman–Crippen LogP) is 4.34. The fourth-order valence-electron chi connectivity index (χ4n) is 2.82. The Labute approximate surface area is 146 Å². The molecule has 1 saturated heterocycles. The second kappa shape index (κ2) is 7.22. The van der Waals surface area contributed by atoms with Crippen LogP contribution >= 0.6 is 23.2 Å². The maximum atomic E-state index is 6.28. The second-order valence-electron chi connectivity index (χ2n) is 5.84. The molecule has 124 valence electrons. The highest BCUT2D eigenvalue weighted by Crippen LogP contribution is 2.33. The van der Waals surface area contributed by atoms with Crippen molar-refractivity contribution in [2.24, 2.45) is 0 Å². The normalized spacial score (nSPS) is 24.2. The lowest BCUT2D eigenvalue weighted by Crippen LogP contribution is -2.36. The zero-order valence-corrected chi connectivity index (χ0v) is 14.6. The van der Waals surface area contributed by atoms with Crippen molar-refractivity contribution in [3.05, 3.63) is 52.5 Å². The molecule has 1 aliphatic rings. The monoisotopic (exact) mass is 354 g/mol. The number of imidazole rings is 1. The molecule has 2 aromatic rings. The Morgan fingerprint density at radius 3 is 2.91 bits per heavy atom. The van der Waals surface area contributed by atoms with Crippen molar-refractivity contribution in [3.63, 3.8) is 0 Å². The molecule has 3 rings (SSSR count). The first-order chi connectivity index (χ1) is 11.1. The topological polar surface area (TPSA) is 36.3 Å². The summed E-state index contributed by atoms with van der Waals surface area (Å²) in [4.78, 5) is 4.09. The number of rotatable bonds is 6. The average molecular weight is 355 g/mol. The maximum absolute atomic E-state index is 6.28. The number of hydrogen-bond acceptors (Lipinski definition) is 3. The quantitative estimate of drug-likeness (QED) is 0.773. The molecule has 0 aliphatic carbocycles. The highest BCUT2D eigenvalue weighted by Gasteiger charge is 2.41. The first kappa shape index (κ1) is 16.8. The van der Waals surface area contributed by atoms with Gasteiger partial charge in [-0.2, -0.15) is 0 Å². The SMILES string of the molecule is CCC1COC(CCc2ccc(Cl)cc2Cl)(Cn2ccnc2)O1. The Bertz CT molecular complexity index is 648. The molecule has 1 aromatic carbocycles. The van der Waals surface area contributed by atoms with Crippen LogP contribution in [0.25, 0.3) is 0 Å². The summed E-state index contributed by atoms with van der Waals surface area (Å²) < 4.78 is 14.3. The largest absolute Gasteiger partial charge is 0.345 e. The Balaban J connectivity index is 1.73. The second-order valence-corrected chi connectivity index (χ2v) is 6.68. The molecule has 1 aromatic heterocycles. The van der Waals surface area contributed by atoms with Crippen LogP contribution in [0.4, 0.5) is 0 Å². The van der Waals surface area contributed by atoms with E-state index in [-0.39, 0.29) is 6.10 Å². The van der Waals surface area contributed by atoms with Gasteiger partial charge in [-0.15, -0.1) is 0 Å². The molecule has 2 atom stereocenters. The van der Waals surface area contributed by atoms with Gasteiger partial charge in [-0.25, -0.2) is 4.98 Å². The Morgan fingerprint density at radius 1 is 1.39 bits per heavy atom. The van der Waals surface area contributed by atoms with E-state index in [0.29, 0.717) is 23.2 Å². The van der Waals surface area contributed by atoms with Gasteiger partial charge in [0.25, 0.3) is 0 Å². The zero-order valence-electron chi connectivity index (χ0n) is 13.0. The van der Waals surface area contributed by atoms with Gasteiger partial charge in [0.1, 0.15) is 0 Å². The summed E-state index contributed by atoms with van der Waals surface area (Å²) in [5, 5.41) is 1.33. The van der Waals surface area contributed by atoms with Crippen LogP contribution in [0.5, 0.6) is 0 Å². The van der Waals surface area contributed by atoms with Crippen molar-refractivity contribution in [1.82, 2.24) is 9.55 Å². The first-order valence-electron chi connectivity index (χ1n) is 7.82. The number of nitrogens with zero attached hydrogens (tertiary/aromatic N) is 2. The number of ether oxygens (including phenoxy) is 2. The van der Waals surface area contributed by atoms with Crippen LogP contribution in [0, 0.1) is 0 Å². The minimum Gasteiger partial charge on any atom is -0.345 e. The molecule has 23 heavy (non-hydrogen) atoms. The fourth-order valence-corrected chi connectivity index (χ4v) is 3.32. The summed E-state index contributed by atoms with van der Waals surface area (Å²) in [6, 6.07) is 5.59. The summed E-state index contributed by atoms with van der Waals surface area (Å²) in [6.45, 7) is 3.35. The van der Waals surface area contributed by atoms with Gasteiger partial charge >= 0.3 is 0 Å². The average Bonchev–Trinajstić information content (AvgIpc) is 3.17. The van der Waals surface area contributed by atoms with Gasteiger partial charge in [-0.3, -0.25) is 0 Å². The molecule has 2 unspecified atom stereocenters. The molecule has 1 fully saturated rings. The Morgan fingerprint density at radius 2 is 2.26 bits per heavy atom. The van der Waals surface area contributed by atoms with E-state index < -0.39 is 5.79 Å². The van der Waals surface area contributed by atoms with E-state index in [1.807, 2.05) is 22.9 Å². The molecule has 0 N–H and O–H groups in total. The smallest absolute Gasteiger partial charge is 0.187 e. The fraction of sp³-hybridized carbons (Fsp3) is 0.471. The van der Waals surface area contributed by atoms with E-state index in [1.54, 1.807) is 18.6 Å². The van der Waals surface area contributed by atoms with Crippen molar-refractivity contribution in [3.8, 4) is 0 Å². The molecule has 1 aliphatic heterocycles. The lowest BCUT2D eigenvalue weighted by atomic mass is 10.0. The third-order valence-corrected chi connectivity index (χ3v) is 4.73. The minimum absolute atomic E-state index is 0.138. The van der Waals surface area contributed by atoms with Crippen LogP contribution in [0.2, 0.25) is 10.0 Å². The molecule has 2 heterocycles. The van der Waals surface area contributed by atoms with Crippen LogP contribution in [-0.2, 0) is 22.4 Å². The van der Waals surface area contributed by atoms with Crippen molar-refractivity contribution < 1.29 is 9.47 Å². The van der Waals surface area contributed by atoms with Gasteiger partial charge < -0.3 is 14.0 Å². The Hall–Kier alpha value is -1.07. The molecule has 6 heteroatoms. The summed E-state index contributed by atoms with van der Waals surface area (Å²) in [7, 11) is 0. The van der Waals surface area contributed by atoms with Crippen molar-refractivity contribution in [1.29, 1.82) is 0 Å². The molecule has 4 nitrogen and oxygen atoms in total. The van der Waals surface area contributed by atoms with E-state index in [2.05, 4.69) is 11.9 Å². The van der Waals surface area contributed by atoms with E-state index >= 15 is 0 Å². The van der Waals surface area contributed by atoms with Gasteiger partial charge in [0, 0.05) is 28.9 Å². The Kier molecular flexibility index (Phi) is 5.27. The van der Waals surface area contributed by atoms with E-state index in [9.17, 15) is 0 Å². The minimum atomic E-state index is -0.635. The summed E-state index contributed by atoms with van der Waals surface area (Å²) in [5.74, 6) is -0.635. The summed E-state index contributed by atoms with van der Waals surface area (Å²) in [6.07, 6.45) is 8.03. The number of aryl methyl sites for hydroxylation is 1. The van der Waals surface area contributed by atoms with E-state index in [0.717, 1.165) is 24.8 Å². The van der Waals surface area contributed by atoms with Gasteiger partial charge in [0.05, 0.1) is 25.6 Å². The van der Waals surface area contributed by atoms with Gasteiger partial charge in [0.15, 0.2) is 5.79 Å². The number of hydrogen-bond donors (Lipinski definition) is 0. The summed E-state index contributed by atoms with van der Waals surface area (Å²) >= 11 is 12.2. The number of benzene rings is 1.